The highest BCUT2D eigenvalue weighted by Gasteiger charge is 2.34. The molecule has 0 aliphatic heterocycles. The molecule has 0 saturated carbocycles. The summed E-state index contributed by atoms with van der Waals surface area (Å²) in [5.41, 5.74) is -1.51. The average Bonchev–Trinajstić information content (AvgIpc) is 2.14. The summed E-state index contributed by atoms with van der Waals surface area (Å²) in [6.45, 7) is 4.67. The summed E-state index contributed by atoms with van der Waals surface area (Å²) in [6, 6.07) is 0. The van der Waals surface area contributed by atoms with Gasteiger partial charge in [-0.25, -0.2) is 9.59 Å². The number of hydrogen-bond donors (Lipinski definition) is 2. The largest absolute Gasteiger partial charge is 0.479 e. The van der Waals surface area contributed by atoms with Crippen molar-refractivity contribution in [2.45, 2.75) is 18.9 Å². The van der Waals surface area contributed by atoms with Crippen molar-refractivity contribution in [1.82, 2.24) is 5.32 Å². The predicted molar refractivity (Wildman–Crippen MR) is 54.2 cm³/mol. The Morgan fingerprint density at radius 2 is 2.33 bits per heavy atom. The van der Waals surface area contributed by atoms with Crippen LogP contribution >= 0.6 is 0 Å². The smallest absolute Gasteiger partial charge is 0.408 e. The van der Waals surface area contributed by atoms with Crippen LogP contribution in [0.5, 0.6) is 0 Å². The lowest BCUT2D eigenvalue weighted by molar-refractivity contribution is -0.143. The molecular formula is C10H13NO4. The minimum Gasteiger partial charge on any atom is -0.479 e. The van der Waals surface area contributed by atoms with Gasteiger partial charge >= 0.3 is 12.1 Å². The lowest BCUT2D eigenvalue weighted by Gasteiger charge is -2.23. The summed E-state index contributed by atoms with van der Waals surface area (Å²) in [7, 11) is 0. The molecule has 0 saturated heterocycles. The van der Waals surface area contributed by atoms with E-state index in [2.05, 4.69) is 22.6 Å². The summed E-state index contributed by atoms with van der Waals surface area (Å²) in [5.74, 6) is 0.968. The lowest BCUT2D eigenvalue weighted by atomic mass is 9.99. The maximum Gasteiger partial charge on any atom is 0.408 e. The van der Waals surface area contributed by atoms with Crippen molar-refractivity contribution in [2.75, 3.05) is 6.61 Å². The highest BCUT2D eigenvalue weighted by Crippen LogP contribution is 2.09. The second-order valence-corrected chi connectivity index (χ2v) is 3.03. The van der Waals surface area contributed by atoms with Gasteiger partial charge in [-0.2, -0.15) is 0 Å². The van der Waals surface area contributed by atoms with Gasteiger partial charge in [0, 0.05) is 6.42 Å². The van der Waals surface area contributed by atoms with Gasteiger partial charge in [0.25, 0.3) is 0 Å². The molecule has 1 unspecified atom stereocenters. The Morgan fingerprint density at radius 3 is 2.73 bits per heavy atom. The molecule has 0 aliphatic carbocycles. The van der Waals surface area contributed by atoms with Crippen LogP contribution in [0.3, 0.4) is 0 Å². The standard InChI is InChI=1S/C10H13NO4/c1-4-6-10(3,8(12)13)11-9(14)15-7-5-2/h1,5H,2,6-7H2,3H3,(H,11,14)(H,12,13). The summed E-state index contributed by atoms with van der Waals surface area (Å²) >= 11 is 0. The van der Waals surface area contributed by atoms with E-state index in [0.29, 0.717) is 0 Å². The zero-order valence-electron chi connectivity index (χ0n) is 8.45. The molecule has 0 rings (SSSR count). The highest BCUT2D eigenvalue weighted by atomic mass is 16.5. The molecule has 15 heavy (non-hydrogen) atoms. The number of carbonyl (C=O) groups excluding carboxylic acids is 1. The SMILES string of the molecule is C#CCC(C)(NC(=O)OCC=C)C(=O)O. The van der Waals surface area contributed by atoms with Gasteiger partial charge < -0.3 is 15.2 Å². The Labute approximate surface area is 88.1 Å². The monoisotopic (exact) mass is 211 g/mol. The van der Waals surface area contributed by atoms with Crippen LogP contribution in [0.4, 0.5) is 4.79 Å². The molecule has 0 radical (unpaired) electrons. The Bertz CT molecular complexity index is 305. The third-order valence-electron chi connectivity index (χ3n) is 1.64. The van der Waals surface area contributed by atoms with E-state index < -0.39 is 17.6 Å². The van der Waals surface area contributed by atoms with Crippen molar-refractivity contribution in [3.8, 4) is 12.3 Å². The first kappa shape index (κ1) is 13.0. The van der Waals surface area contributed by atoms with E-state index in [0.717, 1.165) is 0 Å². The fourth-order valence-corrected chi connectivity index (χ4v) is 0.773. The zero-order chi connectivity index (χ0) is 11.9. The number of carboxylic acids is 1. The van der Waals surface area contributed by atoms with Crippen molar-refractivity contribution in [3.63, 3.8) is 0 Å². The van der Waals surface area contributed by atoms with E-state index in [-0.39, 0.29) is 13.0 Å². The van der Waals surface area contributed by atoms with Crippen molar-refractivity contribution in [2.24, 2.45) is 0 Å². The molecule has 0 fully saturated rings. The van der Waals surface area contributed by atoms with Crippen LogP contribution in [-0.4, -0.2) is 29.3 Å². The Kier molecular flexibility index (Phi) is 4.96. The number of hydrogen-bond acceptors (Lipinski definition) is 3. The van der Waals surface area contributed by atoms with Crippen molar-refractivity contribution in [1.29, 1.82) is 0 Å². The molecule has 0 heterocycles. The van der Waals surface area contributed by atoms with Crippen LogP contribution in [0, 0.1) is 12.3 Å². The van der Waals surface area contributed by atoms with Gasteiger partial charge in [-0.05, 0) is 6.92 Å². The number of ether oxygens (including phenoxy) is 1. The topological polar surface area (TPSA) is 75.6 Å². The fraction of sp³-hybridized carbons (Fsp3) is 0.400. The van der Waals surface area contributed by atoms with E-state index >= 15 is 0 Å². The number of carbonyl (C=O) groups is 2. The first-order valence-corrected chi connectivity index (χ1v) is 4.19. The first-order valence-electron chi connectivity index (χ1n) is 4.19. The third-order valence-corrected chi connectivity index (χ3v) is 1.64. The Morgan fingerprint density at radius 1 is 1.73 bits per heavy atom. The van der Waals surface area contributed by atoms with Crippen molar-refractivity contribution in [3.05, 3.63) is 12.7 Å². The molecule has 0 bridgehead atoms. The number of rotatable bonds is 5. The predicted octanol–water partition coefficient (Wildman–Crippen LogP) is 0.765. The second kappa shape index (κ2) is 5.70. The van der Waals surface area contributed by atoms with Gasteiger partial charge in [0.15, 0.2) is 0 Å². The summed E-state index contributed by atoms with van der Waals surface area (Å²) < 4.78 is 4.58. The number of nitrogens with one attached hydrogen (secondary N) is 1. The number of aliphatic carboxylic acids is 1. The lowest BCUT2D eigenvalue weighted by Crippen LogP contribution is -2.52. The molecule has 5 heteroatoms. The summed E-state index contributed by atoms with van der Waals surface area (Å²) in [4.78, 5) is 21.9. The molecule has 5 nitrogen and oxygen atoms in total. The quantitative estimate of drug-likeness (QED) is 0.520. The molecule has 0 aromatic heterocycles. The number of carboxylic acid groups (broad SMARTS) is 1. The maximum atomic E-state index is 11.1. The van der Waals surface area contributed by atoms with Crippen LogP contribution in [0.15, 0.2) is 12.7 Å². The van der Waals surface area contributed by atoms with Gasteiger partial charge in [-0.3, -0.25) is 0 Å². The van der Waals surface area contributed by atoms with Crippen LogP contribution in [-0.2, 0) is 9.53 Å². The molecule has 0 aliphatic rings. The minimum atomic E-state index is -1.51. The zero-order valence-corrected chi connectivity index (χ0v) is 8.45. The van der Waals surface area contributed by atoms with E-state index in [1.807, 2.05) is 0 Å². The maximum absolute atomic E-state index is 11.1. The Hall–Kier alpha value is -1.96. The first-order chi connectivity index (χ1) is 6.96. The van der Waals surface area contributed by atoms with Gasteiger partial charge in [0.2, 0.25) is 0 Å². The molecule has 82 valence electrons. The molecule has 2 N–H and O–H groups in total. The van der Waals surface area contributed by atoms with Crippen LogP contribution in [0.25, 0.3) is 0 Å². The van der Waals surface area contributed by atoms with Crippen LogP contribution < -0.4 is 5.32 Å². The highest BCUT2D eigenvalue weighted by molar-refractivity contribution is 5.84. The summed E-state index contributed by atoms with van der Waals surface area (Å²) in [6.07, 6.45) is 5.42. The van der Waals surface area contributed by atoms with Crippen molar-refractivity contribution < 1.29 is 19.4 Å². The molecule has 0 aromatic carbocycles. The molecule has 1 atom stereocenters. The molecule has 1 amide bonds. The molecular weight excluding hydrogens is 198 g/mol. The average molecular weight is 211 g/mol. The van der Waals surface area contributed by atoms with E-state index in [9.17, 15) is 9.59 Å². The van der Waals surface area contributed by atoms with Crippen LogP contribution in [0.1, 0.15) is 13.3 Å². The van der Waals surface area contributed by atoms with Crippen LogP contribution in [0.2, 0.25) is 0 Å². The minimum absolute atomic E-state index is 0.0115. The van der Waals surface area contributed by atoms with Gasteiger partial charge in [0.05, 0.1) is 0 Å². The van der Waals surface area contributed by atoms with E-state index in [1.165, 1.54) is 13.0 Å². The normalized spacial score (nSPS) is 13.1. The second-order valence-electron chi connectivity index (χ2n) is 3.03. The number of amides is 1. The molecule has 0 aromatic rings. The van der Waals surface area contributed by atoms with Gasteiger partial charge in [-0.1, -0.05) is 12.7 Å². The Balaban J connectivity index is 4.42. The number of terminal acetylenes is 1. The third kappa shape index (κ3) is 4.18. The number of alkyl carbamates (subject to hydrolysis) is 1. The van der Waals surface area contributed by atoms with E-state index in [1.54, 1.807) is 0 Å². The molecule has 0 spiro atoms. The summed E-state index contributed by atoms with van der Waals surface area (Å²) in [5, 5.41) is 11.0. The van der Waals surface area contributed by atoms with Gasteiger partial charge in [0.1, 0.15) is 12.1 Å². The van der Waals surface area contributed by atoms with Gasteiger partial charge in [-0.15, -0.1) is 12.3 Å². The fourth-order valence-electron chi connectivity index (χ4n) is 0.773. The van der Waals surface area contributed by atoms with E-state index in [4.69, 9.17) is 11.5 Å². The van der Waals surface area contributed by atoms with Crippen molar-refractivity contribution >= 4 is 12.1 Å².